The van der Waals surface area contributed by atoms with Gasteiger partial charge in [0.2, 0.25) is 5.91 Å². The summed E-state index contributed by atoms with van der Waals surface area (Å²) >= 11 is 0. The predicted octanol–water partition coefficient (Wildman–Crippen LogP) is 1.92. The van der Waals surface area contributed by atoms with Crippen molar-refractivity contribution in [1.82, 2.24) is 4.90 Å². The highest BCUT2D eigenvalue weighted by molar-refractivity contribution is 5.91. The monoisotopic (exact) mass is 314 g/mol. The van der Waals surface area contributed by atoms with Crippen LogP contribution >= 0.6 is 0 Å². The molecule has 3 rings (SSSR count). The molecular weight excluding hydrogens is 292 g/mol. The zero-order chi connectivity index (χ0) is 16.4. The summed E-state index contributed by atoms with van der Waals surface area (Å²) in [6.45, 7) is 1.38. The van der Waals surface area contributed by atoms with Crippen molar-refractivity contribution >= 4 is 16.7 Å². The maximum absolute atomic E-state index is 11.7. The first-order valence-electron chi connectivity index (χ1n) is 7.74. The largest absolute Gasteiger partial charge is 0.496 e. The van der Waals surface area contributed by atoms with Gasteiger partial charge in [-0.2, -0.15) is 0 Å². The van der Waals surface area contributed by atoms with E-state index < -0.39 is 0 Å². The third-order valence-electron chi connectivity index (χ3n) is 4.59. The summed E-state index contributed by atoms with van der Waals surface area (Å²) in [6, 6.07) is 11.9. The number of nitrogens with zero attached hydrogens (tertiary/aromatic N) is 1. The standard InChI is InChI=1S/C18H22N2O3/c1-22-13-9-16(18(19)21)20(11-13)10-12-7-8-17(23-2)15-6-4-3-5-14(12)15/h3-8,13,16H,9-11H2,1-2H3,(H2,19,21)/t13-,16-/m0/s1. The van der Waals surface area contributed by atoms with Crippen LogP contribution in [0.5, 0.6) is 5.75 Å². The molecule has 0 saturated carbocycles. The summed E-state index contributed by atoms with van der Waals surface area (Å²) in [7, 11) is 3.35. The van der Waals surface area contributed by atoms with Crippen molar-refractivity contribution in [3.05, 3.63) is 42.0 Å². The fraction of sp³-hybridized carbons (Fsp3) is 0.389. The Bertz CT molecular complexity index is 716. The van der Waals surface area contributed by atoms with Crippen molar-refractivity contribution in [1.29, 1.82) is 0 Å². The summed E-state index contributed by atoms with van der Waals surface area (Å²) in [5.41, 5.74) is 6.72. The van der Waals surface area contributed by atoms with Crippen molar-refractivity contribution < 1.29 is 14.3 Å². The lowest BCUT2D eigenvalue weighted by Crippen LogP contribution is -2.39. The van der Waals surface area contributed by atoms with Crippen molar-refractivity contribution in [3.8, 4) is 5.75 Å². The maximum Gasteiger partial charge on any atom is 0.234 e. The van der Waals surface area contributed by atoms with E-state index in [-0.39, 0.29) is 18.1 Å². The van der Waals surface area contributed by atoms with Gasteiger partial charge in [-0.25, -0.2) is 0 Å². The third-order valence-corrected chi connectivity index (χ3v) is 4.59. The van der Waals surface area contributed by atoms with Gasteiger partial charge < -0.3 is 15.2 Å². The minimum absolute atomic E-state index is 0.0528. The smallest absolute Gasteiger partial charge is 0.234 e. The number of hydrogen-bond donors (Lipinski definition) is 1. The molecule has 1 saturated heterocycles. The van der Waals surface area contributed by atoms with E-state index in [1.54, 1.807) is 14.2 Å². The first-order valence-corrected chi connectivity index (χ1v) is 7.74. The molecule has 0 radical (unpaired) electrons. The molecule has 1 aliphatic rings. The number of ether oxygens (including phenoxy) is 2. The van der Waals surface area contributed by atoms with Crippen molar-refractivity contribution in [2.45, 2.75) is 25.1 Å². The molecule has 0 bridgehead atoms. The Kier molecular flexibility index (Phi) is 4.50. The highest BCUT2D eigenvalue weighted by Crippen LogP contribution is 2.31. The molecule has 1 amide bonds. The van der Waals surface area contributed by atoms with Gasteiger partial charge in [-0.3, -0.25) is 9.69 Å². The van der Waals surface area contributed by atoms with E-state index in [0.717, 1.165) is 22.1 Å². The first kappa shape index (κ1) is 15.8. The lowest BCUT2D eigenvalue weighted by Gasteiger charge is -2.22. The number of hydrogen-bond acceptors (Lipinski definition) is 4. The summed E-state index contributed by atoms with van der Waals surface area (Å²) in [5, 5.41) is 2.21. The fourth-order valence-corrected chi connectivity index (χ4v) is 3.37. The van der Waals surface area contributed by atoms with Crippen molar-refractivity contribution in [3.63, 3.8) is 0 Å². The van der Waals surface area contributed by atoms with E-state index >= 15 is 0 Å². The summed E-state index contributed by atoms with van der Waals surface area (Å²) in [6.07, 6.45) is 0.705. The van der Waals surface area contributed by atoms with Gasteiger partial charge in [-0.1, -0.05) is 30.3 Å². The normalized spacial score (nSPS) is 21.7. The number of nitrogens with two attached hydrogens (primary N) is 1. The molecule has 0 unspecified atom stereocenters. The average Bonchev–Trinajstić information content (AvgIpc) is 2.98. The van der Waals surface area contributed by atoms with Gasteiger partial charge >= 0.3 is 0 Å². The molecule has 0 aliphatic carbocycles. The number of carbonyl (C=O) groups is 1. The highest BCUT2D eigenvalue weighted by Gasteiger charge is 2.35. The number of rotatable bonds is 5. The van der Waals surface area contributed by atoms with Gasteiger partial charge in [0.15, 0.2) is 0 Å². The second-order valence-corrected chi connectivity index (χ2v) is 5.91. The van der Waals surface area contributed by atoms with E-state index in [0.29, 0.717) is 19.5 Å². The zero-order valence-corrected chi connectivity index (χ0v) is 13.5. The topological polar surface area (TPSA) is 64.8 Å². The number of methoxy groups -OCH3 is 2. The molecule has 2 aromatic carbocycles. The van der Waals surface area contributed by atoms with E-state index in [2.05, 4.69) is 17.0 Å². The van der Waals surface area contributed by atoms with E-state index in [1.165, 1.54) is 0 Å². The average molecular weight is 314 g/mol. The second-order valence-electron chi connectivity index (χ2n) is 5.91. The van der Waals surface area contributed by atoms with Crippen LogP contribution in [0.4, 0.5) is 0 Å². The lowest BCUT2D eigenvalue weighted by atomic mass is 10.0. The summed E-state index contributed by atoms with van der Waals surface area (Å²) in [5.74, 6) is 0.564. The number of carbonyl (C=O) groups excluding carboxylic acids is 1. The predicted molar refractivity (Wildman–Crippen MR) is 89.3 cm³/mol. The van der Waals surface area contributed by atoms with Gasteiger partial charge in [-0.05, 0) is 23.4 Å². The molecule has 122 valence electrons. The Morgan fingerprint density at radius 2 is 1.96 bits per heavy atom. The Labute approximate surface area is 136 Å². The van der Waals surface area contributed by atoms with Crippen LogP contribution in [0, 0.1) is 0 Å². The molecular formula is C18H22N2O3. The van der Waals surface area contributed by atoms with Gasteiger partial charge in [0.25, 0.3) is 0 Å². The van der Waals surface area contributed by atoms with Crippen molar-refractivity contribution in [2.24, 2.45) is 5.73 Å². The molecule has 2 aromatic rings. The van der Waals surface area contributed by atoms with Gasteiger partial charge in [0.1, 0.15) is 5.75 Å². The van der Waals surface area contributed by atoms with E-state index in [4.69, 9.17) is 15.2 Å². The minimum Gasteiger partial charge on any atom is -0.496 e. The van der Waals surface area contributed by atoms with Crippen LogP contribution in [0.25, 0.3) is 10.8 Å². The quantitative estimate of drug-likeness (QED) is 0.916. The van der Waals surface area contributed by atoms with Crippen LogP contribution in [-0.4, -0.2) is 43.7 Å². The second kappa shape index (κ2) is 6.56. The van der Waals surface area contributed by atoms with Crippen LogP contribution in [0.15, 0.2) is 36.4 Å². The molecule has 1 aliphatic heterocycles. The number of benzene rings is 2. The highest BCUT2D eigenvalue weighted by atomic mass is 16.5. The number of amides is 1. The molecule has 0 aromatic heterocycles. The Morgan fingerprint density at radius 1 is 1.22 bits per heavy atom. The third kappa shape index (κ3) is 3.02. The number of fused-ring (bicyclic) bond motifs is 1. The Balaban J connectivity index is 1.93. The maximum atomic E-state index is 11.7. The number of primary amides is 1. The lowest BCUT2D eigenvalue weighted by molar-refractivity contribution is -0.122. The minimum atomic E-state index is -0.289. The molecule has 1 heterocycles. The SMILES string of the molecule is COc1ccc(CN2C[C@@H](OC)C[C@H]2C(N)=O)c2ccccc12. The summed E-state index contributed by atoms with van der Waals surface area (Å²) in [4.78, 5) is 13.8. The van der Waals surface area contributed by atoms with Crippen LogP contribution in [0.3, 0.4) is 0 Å². The molecule has 5 heteroatoms. The molecule has 2 atom stereocenters. The van der Waals surface area contributed by atoms with Gasteiger partial charge in [-0.15, -0.1) is 0 Å². The molecule has 0 spiro atoms. The molecule has 1 fully saturated rings. The Hall–Kier alpha value is -2.11. The molecule has 2 N–H and O–H groups in total. The van der Waals surface area contributed by atoms with Gasteiger partial charge in [0.05, 0.1) is 19.3 Å². The molecule has 23 heavy (non-hydrogen) atoms. The van der Waals surface area contributed by atoms with E-state index in [9.17, 15) is 4.79 Å². The molecule has 5 nitrogen and oxygen atoms in total. The van der Waals surface area contributed by atoms with Crippen LogP contribution in [0.1, 0.15) is 12.0 Å². The van der Waals surface area contributed by atoms with Crippen LogP contribution in [0.2, 0.25) is 0 Å². The first-order chi connectivity index (χ1) is 11.1. The zero-order valence-electron chi connectivity index (χ0n) is 13.5. The van der Waals surface area contributed by atoms with Crippen molar-refractivity contribution in [2.75, 3.05) is 20.8 Å². The summed E-state index contributed by atoms with van der Waals surface area (Å²) < 4.78 is 10.9. The van der Waals surface area contributed by atoms with Crippen LogP contribution in [-0.2, 0) is 16.1 Å². The fourth-order valence-electron chi connectivity index (χ4n) is 3.37. The number of likely N-dealkylation sites (tertiary alicyclic amines) is 1. The Morgan fingerprint density at radius 3 is 2.61 bits per heavy atom. The van der Waals surface area contributed by atoms with Gasteiger partial charge in [0, 0.05) is 25.6 Å². The van der Waals surface area contributed by atoms with Crippen LogP contribution < -0.4 is 10.5 Å². The van der Waals surface area contributed by atoms with E-state index in [1.807, 2.05) is 24.3 Å².